The van der Waals surface area contributed by atoms with Gasteiger partial charge in [-0.25, -0.2) is 4.98 Å². The third kappa shape index (κ3) is 4.75. The first-order valence-electron chi connectivity index (χ1n) is 15.7. The zero-order valence-corrected chi connectivity index (χ0v) is 25.4. The molecule has 2 heterocycles. The molecule has 2 aromatic heterocycles. The van der Waals surface area contributed by atoms with Crippen molar-refractivity contribution in [3.8, 4) is 33.7 Å². The van der Waals surface area contributed by atoms with Crippen molar-refractivity contribution in [2.75, 3.05) is 4.90 Å². The van der Waals surface area contributed by atoms with Crippen molar-refractivity contribution in [3.63, 3.8) is 0 Å². The molecule has 4 nitrogen and oxygen atoms in total. The van der Waals surface area contributed by atoms with Crippen molar-refractivity contribution in [2.24, 2.45) is 0 Å². The van der Waals surface area contributed by atoms with E-state index >= 15 is 0 Å². The molecule has 9 rings (SSSR count). The summed E-state index contributed by atoms with van der Waals surface area (Å²) in [4.78, 5) is 7.23. The fourth-order valence-electron chi connectivity index (χ4n) is 6.48. The number of anilines is 3. The highest BCUT2D eigenvalue weighted by molar-refractivity contribution is 6.13. The Morgan fingerprint density at radius 3 is 1.72 bits per heavy atom. The SMILES string of the molecule is c1ccc(-c2ccc(N(c3ccc(-c4cccc5oc(-c6ccccc6)nc45)cc3)c3cccc4oc5ccccc5c34)cc2)cc1. The predicted octanol–water partition coefficient (Wildman–Crippen LogP) is 12.2. The van der Waals surface area contributed by atoms with Crippen molar-refractivity contribution in [3.05, 3.63) is 170 Å². The van der Waals surface area contributed by atoms with Crippen molar-refractivity contribution in [1.82, 2.24) is 4.98 Å². The summed E-state index contributed by atoms with van der Waals surface area (Å²) in [6, 6.07) is 58.6. The van der Waals surface area contributed by atoms with Gasteiger partial charge in [0.2, 0.25) is 5.89 Å². The fraction of sp³-hybridized carbons (Fsp3) is 0. The molecule has 0 N–H and O–H groups in total. The minimum atomic E-state index is 0.621. The topological polar surface area (TPSA) is 42.4 Å². The van der Waals surface area contributed by atoms with E-state index < -0.39 is 0 Å². The van der Waals surface area contributed by atoms with E-state index in [2.05, 4.69) is 108 Å². The number of furan rings is 1. The van der Waals surface area contributed by atoms with Crippen LogP contribution in [0.2, 0.25) is 0 Å². The molecule has 7 aromatic carbocycles. The number of benzene rings is 7. The Labute approximate surface area is 271 Å². The standard InChI is InChI=1S/C43H28N2O2/c1-3-11-29(12-4-1)30-21-25-33(26-22-30)45(37-17-10-19-39-41(37)36-15-7-8-18-38(36)46-39)34-27-23-31(24-28-34)35-16-9-20-40-42(35)44-43(47-40)32-13-5-2-6-14-32/h1-28H. The molecule has 0 aliphatic heterocycles. The van der Waals surface area contributed by atoms with E-state index in [0.29, 0.717) is 5.89 Å². The van der Waals surface area contributed by atoms with Gasteiger partial charge in [0.25, 0.3) is 0 Å². The molecule has 0 spiro atoms. The summed E-state index contributed by atoms with van der Waals surface area (Å²) in [6.07, 6.45) is 0. The highest BCUT2D eigenvalue weighted by Crippen LogP contribution is 2.43. The Balaban J connectivity index is 1.17. The molecule has 0 fully saturated rings. The van der Waals surface area contributed by atoms with E-state index in [9.17, 15) is 0 Å². The van der Waals surface area contributed by atoms with Crippen LogP contribution in [0, 0.1) is 0 Å². The quantitative estimate of drug-likeness (QED) is 0.189. The summed E-state index contributed by atoms with van der Waals surface area (Å²) < 4.78 is 12.5. The molecule has 0 saturated carbocycles. The van der Waals surface area contributed by atoms with Crippen LogP contribution < -0.4 is 4.90 Å². The molecule has 0 bridgehead atoms. The van der Waals surface area contributed by atoms with Crippen molar-refractivity contribution in [2.45, 2.75) is 0 Å². The summed E-state index contributed by atoms with van der Waals surface area (Å²) >= 11 is 0. The minimum absolute atomic E-state index is 0.621. The number of oxazole rings is 1. The molecule has 222 valence electrons. The summed E-state index contributed by atoms with van der Waals surface area (Å²) in [5.74, 6) is 0.621. The number of rotatable bonds is 6. The normalized spacial score (nSPS) is 11.4. The molecular weight excluding hydrogens is 576 g/mol. The van der Waals surface area contributed by atoms with Crippen LogP contribution in [0.25, 0.3) is 66.7 Å². The number of para-hydroxylation sites is 2. The first-order chi connectivity index (χ1) is 23.3. The highest BCUT2D eigenvalue weighted by atomic mass is 16.3. The van der Waals surface area contributed by atoms with Gasteiger partial charge in [-0.15, -0.1) is 0 Å². The molecule has 0 atom stereocenters. The Bertz CT molecular complexity index is 2500. The molecule has 0 unspecified atom stereocenters. The maximum atomic E-state index is 6.30. The summed E-state index contributed by atoms with van der Waals surface area (Å²) in [5, 5.41) is 2.17. The third-order valence-corrected chi connectivity index (χ3v) is 8.73. The zero-order valence-electron chi connectivity index (χ0n) is 25.4. The van der Waals surface area contributed by atoms with Crippen LogP contribution in [0.5, 0.6) is 0 Å². The van der Waals surface area contributed by atoms with Gasteiger partial charge in [-0.3, -0.25) is 0 Å². The van der Waals surface area contributed by atoms with Crippen LogP contribution in [0.3, 0.4) is 0 Å². The van der Waals surface area contributed by atoms with Crippen LogP contribution in [0.15, 0.2) is 179 Å². The maximum Gasteiger partial charge on any atom is 0.227 e. The van der Waals surface area contributed by atoms with Gasteiger partial charge in [0, 0.05) is 27.9 Å². The molecule has 4 heteroatoms. The Morgan fingerprint density at radius 2 is 0.979 bits per heavy atom. The lowest BCUT2D eigenvalue weighted by Gasteiger charge is -2.26. The Hall–Kier alpha value is -6.39. The molecule has 0 aliphatic carbocycles. The van der Waals surface area contributed by atoms with Gasteiger partial charge in [-0.1, -0.05) is 109 Å². The van der Waals surface area contributed by atoms with Gasteiger partial charge < -0.3 is 13.7 Å². The van der Waals surface area contributed by atoms with Crippen LogP contribution >= 0.6 is 0 Å². The van der Waals surface area contributed by atoms with Crippen molar-refractivity contribution >= 4 is 50.1 Å². The molecule has 0 saturated heterocycles. The van der Waals surface area contributed by atoms with Crippen LogP contribution in [0.1, 0.15) is 0 Å². The van der Waals surface area contributed by atoms with E-state index in [1.54, 1.807) is 0 Å². The number of hydrogen-bond donors (Lipinski definition) is 0. The summed E-state index contributed by atoms with van der Waals surface area (Å²) in [7, 11) is 0. The number of aromatic nitrogens is 1. The second-order valence-electron chi connectivity index (χ2n) is 11.6. The van der Waals surface area contributed by atoms with Crippen molar-refractivity contribution in [1.29, 1.82) is 0 Å². The van der Waals surface area contributed by atoms with Gasteiger partial charge in [0.05, 0.1) is 11.1 Å². The van der Waals surface area contributed by atoms with E-state index in [1.165, 1.54) is 11.1 Å². The predicted molar refractivity (Wildman–Crippen MR) is 192 cm³/mol. The van der Waals surface area contributed by atoms with Crippen LogP contribution in [0.4, 0.5) is 17.1 Å². The fourth-order valence-corrected chi connectivity index (χ4v) is 6.48. The zero-order chi connectivity index (χ0) is 31.2. The highest BCUT2D eigenvalue weighted by Gasteiger charge is 2.20. The molecule has 47 heavy (non-hydrogen) atoms. The van der Waals surface area contributed by atoms with Crippen LogP contribution in [-0.4, -0.2) is 4.98 Å². The van der Waals surface area contributed by atoms with Gasteiger partial charge in [0.1, 0.15) is 16.7 Å². The lowest BCUT2D eigenvalue weighted by Crippen LogP contribution is -2.10. The van der Waals surface area contributed by atoms with E-state index in [0.717, 1.165) is 66.8 Å². The number of hydrogen-bond acceptors (Lipinski definition) is 4. The Kier molecular flexibility index (Phi) is 6.43. The minimum Gasteiger partial charge on any atom is -0.456 e. The lowest BCUT2D eigenvalue weighted by atomic mass is 10.0. The van der Waals surface area contributed by atoms with E-state index in [1.807, 2.05) is 66.7 Å². The first-order valence-corrected chi connectivity index (χ1v) is 15.7. The van der Waals surface area contributed by atoms with Gasteiger partial charge in [0.15, 0.2) is 5.58 Å². The second kappa shape index (κ2) is 11.2. The Morgan fingerprint density at radius 1 is 0.404 bits per heavy atom. The molecule has 0 radical (unpaired) electrons. The maximum absolute atomic E-state index is 6.30. The number of fused-ring (bicyclic) bond motifs is 4. The lowest BCUT2D eigenvalue weighted by molar-refractivity contribution is 0.620. The average molecular weight is 605 g/mol. The third-order valence-electron chi connectivity index (χ3n) is 8.73. The smallest absolute Gasteiger partial charge is 0.227 e. The first kappa shape index (κ1) is 27.0. The largest absolute Gasteiger partial charge is 0.456 e. The van der Waals surface area contributed by atoms with Crippen LogP contribution in [-0.2, 0) is 0 Å². The second-order valence-corrected chi connectivity index (χ2v) is 11.6. The summed E-state index contributed by atoms with van der Waals surface area (Å²) in [6.45, 7) is 0. The summed E-state index contributed by atoms with van der Waals surface area (Å²) in [5.41, 5.74) is 11.9. The van der Waals surface area contributed by atoms with Gasteiger partial charge >= 0.3 is 0 Å². The van der Waals surface area contributed by atoms with E-state index in [4.69, 9.17) is 13.8 Å². The molecular formula is C43H28N2O2. The molecule has 0 amide bonds. The van der Waals surface area contributed by atoms with Gasteiger partial charge in [-0.05, 0) is 77.4 Å². The molecule has 9 aromatic rings. The van der Waals surface area contributed by atoms with E-state index in [-0.39, 0.29) is 0 Å². The average Bonchev–Trinajstić information content (AvgIpc) is 3.76. The monoisotopic (exact) mass is 604 g/mol. The molecule has 0 aliphatic rings. The van der Waals surface area contributed by atoms with Gasteiger partial charge in [-0.2, -0.15) is 0 Å². The number of nitrogens with zero attached hydrogens (tertiary/aromatic N) is 2. The van der Waals surface area contributed by atoms with Crippen molar-refractivity contribution < 1.29 is 8.83 Å².